The standard InChI is InChI=1S/C16H25NO3S/c1-3-4-12-5-10-15(17)16(11-12)21(18,19)14-8-6-13(20-2)7-9-14/h6-9,12,15-16H,3-5,10-11,17H2,1-2H3. The molecule has 1 fully saturated rings. The van der Waals surface area contributed by atoms with Crippen molar-refractivity contribution >= 4 is 9.84 Å². The number of rotatable bonds is 5. The number of hydrogen-bond acceptors (Lipinski definition) is 4. The van der Waals surface area contributed by atoms with Crippen LogP contribution in [0.5, 0.6) is 5.75 Å². The van der Waals surface area contributed by atoms with E-state index in [1.165, 1.54) is 0 Å². The summed E-state index contributed by atoms with van der Waals surface area (Å²) in [4.78, 5) is 0.348. The number of benzene rings is 1. The third kappa shape index (κ3) is 3.58. The zero-order chi connectivity index (χ0) is 15.5. The van der Waals surface area contributed by atoms with Crippen molar-refractivity contribution in [3.63, 3.8) is 0 Å². The molecule has 1 aliphatic rings. The second kappa shape index (κ2) is 6.79. The van der Waals surface area contributed by atoms with E-state index in [0.29, 0.717) is 23.0 Å². The van der Waals surface area contributed by atoms with Gasteiger partial charge >= 0.3 is 0 Å². The van der Waals surface area contributed by atoms with Gasteiger partial charge in [-0.15, -0.1) is 0 Å². The minimum absolute atomic E-state index is 0.259. The van der Waals surface area contributed by atoms with Crippen LogP contribution in [0.3, 0.4) is 0 Å². The fourth-order valence-electron chi connectivity index (χ4n) is 3.20. The van der Waals surface area contributed by atoms with Crippen molar-refractivity contribution in [3.8, 4) is 5.75 Å². The minimum atomic E-state index is -3.37. The van der Waals surface area contributed by atoms with Gasteiger partial charge in [0.15, 0.2) is 9.84 Å². The maximum atomic E-state index is 12.8. The van der Waals surface area contributed by atoms with Gasteiger partial charge in [0.2, 0.25) is 0 Å². The van der Waals surface area contributed by atoms with Crippen LogP contribution in [0.25, 0.3) is 0 Å². The Balaban J connectivity index is 2.23. The fourth-order valence-corrected chi connectivity index (χ4v) is 5.19. The van der Waals surface area contributed by atoms with Crippen LogP contribution in [0, 0.1) is 5.92 Å². The van der Waals surface area contributed by atoms with Crippen LogP contribution >= 0.6 is 0 Å². The summed E-state index contributed by atoms with van der Waals surface area (Å²) in [6, 6.07) is 6.34. The second-order valence-corrected chi connectivity index (χ2v) is 8.06. The second-order valence-electron chi connectivity index (χ2n) is 5.89. The van der Waals surface area contributed by atoms with Gasteiger partial charge in [0, 0.05) is 6.04 Å². The molecule has 3 atom stereocenters. The highest BCUT2D eigenvalue weighted by Crippen LogP contribution is 2.34. The molecule has 3 unspecified atom stereocenters. The molecule has 1 aromatic carbocycles. The lowest BCUT2D eigenvalue weighted by molar-refractivity contribution is 0.309. The van der Waals surface area contributed by atoms with Gasteiger partial charge in [-0.05, 0) is 49.4 Å². The average Bonchev–Trinajstić information content (AvgIpc) is 2.49. The van der Waals surface area contributed by atoms with Crippen LogP contribution in [0.15, 0.2) is 29.2 Å². The molecule has 1 aliphatic carbocycles. The molecule has 2 N–H and O–H groups in total. The Morgan fingerprint density at radius 2 is 1.90 bits per heavy atom. The third-order valence-electron chi connectivity index (χ3n) is 4.43. The van der Waals surface area contributed by atoms with E-state index in [2.05, 4.69) is 6.92 Å². The third-order valence-corrected chi connectivity index (χ3v) is 6.70. The van der Waals surface area contributed by atoms with E-state index in [4.69, 9.17) is 10.5 Å². The first kappa shape index (κ1) is 16.3. The molecule has 4 nitrogen and oxygen atoms in total. The molecule has 0 spiro atoms. The molecule has 1 aromatic rings. The smallest absolute Gasteiger partial charge is 0.182 e. The van der Waals surface area contributed by atoms with Gasteiger partial charge in [-0.3, -0.25) is 0 Å². The van der Waals surface area contributed by atoms with E-state index in [9.17, 15) is 8.42 Å². The van der Waals surface area contributed by atoms with Crippen LogP contribution in [-0.4, -0.2) is 26.8 Å². The van der Waals surface area contributed by atoms with Crippen LogP contribution in [0.2, 0.25) is 0 Å². The molecule has 2 rings (SSSR count). The molecular formula is C16H25NO3S. The molecule has 0 aliphatic heterocycles. The van der Waals surface area contributed by atoms with E-state index in [1.807, 2.05) is 0 Å². The van der Waals surface area contributed by atoms with Crippen molar-refractivity contribution < 1.29 is 13.2 Å². The highest BCUT2D eigenvalue weighted by Gasteiger charge is 2.37. The molecule has 0 bridgehead atoms. The van der Waals surface area contributed by atoms with Gasteiger partial charge in [-0.1, -0.05) is 19.8 Å². The summed E-state index contributed by atoms with van der Waals surface area (Å²) in [6.45, 7) is 2.14. The zero-order valence-electron chi connectivity index (χ0n) is 12.8. The molecule has 0 radical (unpaired) electrons. The predicted molar refractivity (Wildman–Crippen MR) is 84.2 cm³/mol. The van der Waals surface area contributed by atoms with Crippen molar-refractivity contribution in [3.05, 3.63) is 24.3 Å². The molecule has 0 heterocycles. The Bertz CT molecular complexity index is 553. The van der Waals surface area contributed by atoms with Crippen molar-refractivity contribution in [2.45, 2.75) is 55.2 Å². The molecular weight excluding hydrogens is 286 g/mol. The van der Waals surface area contributed by atoms with E-state index in [0.717, 1.165) is 25.7 Å². The van der Waals surface area contributed by atoms with Crippen LogP contribution < -0.4 is 10.5 Å². The summed E-state index contributed by atoms with van der Waals surface area (Å²) in [6.07, 6.45) is 4.70. The average molecular weight is 311 g/mol. The lowest BCUT2D eigenvalue weighted by Gasteiger charge is -2.33. The molecule has 5 heteroatoms. The summed E-state index contributed by atoms with van der Waals surface area (Å²) in [7, 11) is -1.80. The van der Waals surface area contributed by atoms with E-state index in [1.54, 1.807) is 31.4 Å². The highest BCUT2D eigenvalue weighted by molar-refractivity contribution is 7.92. The topological polar surface area (TPSA) is 69.4 Å². The van der Waals surface area contributed by atoms with Gasteiger partial charge in [-0.25, -0.2) is 8.42 Å². The monoisotopic (exact) mass is 311 g/mol. The Labute approximate surface area is 127 Å². The number of nitrogens with two attached hydrogens (primary N) is 1. The maximum Gasteiger partial charge on any atom is 0.182 e. The summed E-state index contributed by atoms with van der Waals surface area (Å²) in [5, 5.41) is -0.462. The Hall–Kier alpha value is -1.07. The van der Waals surface area contributed by atoms with Crippen LogP contribution in [0.1, 0.15) is 39.0 Å². The number of hydrogen-bond donors (Lipinski definition) is 1. The molecule has 0 amide bonds. The summed E-state index contributed by atoms with van der Waals surface area (Å²) < 4.78 is 30.7. The van der Waals surface area contributed by atoms with Gasteiger partial charge < -0.3 is 10.5 Å². The summed E-state index contributed by atoms with van der Waals surface area (Å²) in [5.74, 6) is 1.14. The van der Waals surface area contributed by atoms with E-state index < -0.39 is 15.1 Å². The lowest BCUT2D eigenvalue weighted by atomic mass is 9.83. The first-order valence-electron chi connectivity index (χ1n) is 7.62. The largest absolute Gasteiger partial charge is 0.497 e. The van der Waals surface area contributed by atoms with Crippen molar-refractivity contribution in [2.75, 3.05) is 7.11 Å². The number of methoxy groups -OCH3 is 1. The van der Waals surface area contributed by atoms with Gasteiger partial charge in [0.25, 0.3) is 0 Å². The summed E-state index contributed by atoms with van der Waals surface area (Å²) >= 11 is 0. The van der Waals surface area contributed by atoms with Gasteiger partial charge in [-0.2, -0.15) is 0 Å². The SMILES string of the molecule is CCCC1CCC(N)C(S(=O)(=O)c2ccc(OC)cc2)C1. The normalized spacial score (nSPS) is 26.5. The predicted octanol–water partition coefficient (Wildman–Crippen LogP) is 2.77. The Morgan fingerprint density at radius 3 is 2.48 bits per heavy atom. The number of ether oxygens (including phenoxy) is 1. The Kier molecular flexibility index (Phi) is 5.27. The fraction of sp³-hybridized carbons (Fsp3) is 0.625. The Morgan fingerprint density at radius 1 is 1.24 bits per heavy atom. The van der Waals surface area contributed by atoms with Gasteiger partial charge in [0.1, 0.15) is 5.75 Å². The highest BCUT2D eigenvalue weighted by atomic mass is 32.2. The van der Waals surface area contributed by atoms with Crippen molar-refractivity contribution in [1.29, 1.82) is 0 Å². The zero-order valence-corrected chi connectivity index (χ0v) is 13.6. The van der Waals surface area contributed by atoms with Crippen molar-refractivity contribution in [1.82, 2.24) is 0 Å². The molecule has 0 aromatic heterocycles. The van der Waals surface area contributed by atoms with Gasteiger partial charge in [0.05, 0.1) is 17.3 Å². The first-order chi connectivity index (χ1) is 9.98. The van der Waals surface area contributed by atoms with Crippen LogP contribution in [-0.2, 0) is 9.84 Å². The lowest BCUT2D eigenvalue weighted by Crippen LogP contribution is -2.45. The van der Waals surface area contributed by atoms with E-state index in [-0.39, 0.29) is 6.04 Å². The molecule has 0 saturated heterocycles. The molecule has 118 valence electrons. The maximum absolute atomic E-state index is 12.8. The summed E-state index contributed by atoms with van der Waals surface area (Å²) in [5.41, 5.74) is 6.11. The molecule has 21 heavy (non-hydrogen) atoms. The van der Waals surface area contributed by atoms with Crippen LogP contribution in [0.4, 0.5) is 0 Å². The van der Waals surface area contributed by atoms with Crippen molar-refractivity contribution in [2.24, 2.45) is 11.7 Å². The van der Waals surface area contributed by atoms with E-state index >= 15 is 0 Å². The number of sulfone groups is 1. The minimum Gasteiger partial charge on any atom is -0.497 e. The quantitative estimate of drug-likeness (QED) is 0.908. The molecule has 1 saturated carbocycles. The first-order valence-corrected chi connectivity index (χ1v) is 9.17.